The Morgan fingerprint density at radius 1 is 1.17 bits per heavy atom. The van der Waals surface area contributed by atoms with Gasteiger partial charge in [0.05, 0.1) is 0 Å². The van der Waals surface area contributed by atoms with Crippen molar-refractivity contribution >= 4 is 17.5 Å². The van der Waals surface area contributed by atoms with Gasteiger partial charge in [0.2, 0.25) is 0 Å². The Morgan fingerprint density at radius 2 is 1.97 bits per heavy atom. The molecule has 0 spiro atoms. The van der Waals surface area contributed by atoms with Gasteiger partial charge in [-0.2, -0.15) is 0 Å². The van der Waals surface area contributed by atoms with Gasteiger partial charge in [-0.1, -0.05) is 38.1 Å². The molecule has 2 aromatic rings. The second kappa shape index (κ2) is 9.56. The van der Waals surface area contributed by atoms with Crippen molar-refractivity contribution in [1.29, 1.82) is 0 Å². The third-order valence-electron chi connectivity index (χ3n) is 4.90. The Kier molecular flexibility index (Phi) is 6.88. The standard InChI is InChI=1S/C23H29N3O3/c1-16(2)15-24-22(27)17-8-6-9-18(14-17)25-21-19-10-4-5-11-20(19)23(28)26(21)12-7-13-29-3/h4-6,8-11,14,16,21,25H,7,12-13,15H2,1-3H3,(H,24,27)/t21-/m1/s1. The molecular weight excluding hydrogens is 366 g/mol. The number of hydrogen-bond donors (Lipinski definition) is 2. The Bertz CT molecular complexity index is 866. The summed E-state index contributed by atoms with van der Waals surface area (Å²) in [5.41, 5.74) is 3.06. The van der Waals surface area contributed by atoms with E-state index in [0.717, 1.165) is 17.7 Å². The maximum atomic E-state index is 12.9. The molecule has 0 aromatic heterocycles. The minimum absolute atomic E-state index is 0.0139. The number of fused-ring (bicyclic) bond motifs is 1. The molecule has 2 aromatic carbocycles. The molecule has 0 bridgehead atoms. The summed E-state index contributed by atoms with van der Waals surface area (Å²) in [6, 6.07) is 15.0. The maximum absolute atomic E-state index is 12.9. The van der Waals surface area contributed by atoms with E-state index in [1.807, 2.05) is 47.4 Å². The zero-order chi connectivity index (χ0) is 20.8. The third-order valence-corrected chi connectivity index (χ3v) is 4.90. The van der Waals surface area contributed by atoms with Crippen LogP contribution in [0.3, 0.4) is 0 Å². The van der Waals surface area contributed by atoms with E-state index in [4.69, 9.17) is 4.74 Å². The molecule has 0 saturated carbocycles. The third kappa shape index (κ3) is 4.95. The zero-order valence-corrected chi connectivity index (χ0v) is 17.3. The second-order valence-corrected chi connectivity index (χ2v) is 7.66. The molecule has 1 aliphatic rings. The lowest BCUT2D eigenvalue weighted by Gasteiger charge is -2.27. The number of carbonyl (C=O) groups excluding carboxylic acids is 2. The average molecular weight is 396 g/mol. The first kappa shape index (κ1) is 20.9. The summed E-state index contributed by atoms with van der Waals surface area (Å²) in [6.07, 6.45) is 0.482. The topological polar surface area (TPSA) is 70.7 Å². The van der Waals surface area contributed by atoms with Crippen molar-refractivity contribution < 1.29 is 14.3 Å². The fourth-order valence-corrected chi connectivity index (χ4v) is 3.44. The molecule has 2 amide bonds. The van der Waals surface area contributed by atoms with Gasteiger partial charge in [0.15, 0.2) is 0 Å². The SMILES string of the molecule is COCCCN1C(=O)c2ccccc2[C@@H]1Nc1cccc(C(=O)NCC(C)C)c1. The molecule has 6 nitrogen and oxygen atoms in total. The number of methoxy groups -OCH3 is 1. The molecule has 1 heterocycles. The van der Waals surface area contributed by atoms with E-state index in [-0.39, 0.29) is 18.0 Å². The molecule has 0 radical (unpaired) electrons. The van der Waals surface area contributed by atoms with Crippen LogP contribution in [-0.4, -0.2) is 43.5 Å². The van der Waals surface area contributed by atoms with Crippen molar-refractivity contribution in [3.63, 3.8) is 0 Å². The van der Waals surface area contributed by atoms with Crippen molar-refractivity contribution in [1.82, 2.24) is 10.2 Å². The van der Waals surface area contributed by atoms with Crippen LogP contribution in [0.5, 0.6) is 0 Å². The maximum Gasteiger partial charge on any atom is 0.256 e. The largest absolute Gasteiger partial charge is 0.385 e. The smallest absolute Gasteiger partial charge is 0.256 e. The fraction of sp³-hybridized carbons (Fsp3) is 0.391. The molecule has 29 heavy (non-hydrogen) atoms. The van der Waals surface area contributed by atoms with Gasteiger partial charge in [0, 0.05) is 49.2 Å². The van der Waals surface area contributed by atoms with Crippen LogP contribution >= 0.6 is 0 Å². The summed E-state index contributed by atoms with van der Waals surface area (Å²) >= 11 is 0. The Labute approximate surface area is 172 Å². The number of anilines is 1. The average Bonchev–Trinajstić information content (AvgIpc) is 2.98. The minimum Gasteiger partial charge on any atom is -0.385 e. The van der Waals surface area contributed by atoms with Crippen molar-refractivity contribution in [3.05, 3.63) is 65.2 Å². The number of ether oxygens (including phenoxy) is 1. The van der Waals surface area contributed by atoms with Gasteiger partial charge in [0.1, 0.15) is 6.17 Å². The highest BCUT2D eigenvalue weighted by Crippen LogP contribution is 2.34. The number of hydrogen-bond acceptors (Lipinski definition) is 4. The Balaban J connectivity index is 1.80. The molecule has 154 valence electrons. The lowest BCUT2D eigenvalue weighted by Crippen LogP contribution is -2.33. The van der Waals surface area contributed by atoms with Crippen molar-refractivity contribution in [2.24, 2.45) is 5.92 Å². The molecule has 3 rings (SSSR count). The van der Waals surface area contributed by atoms with Crippen LogP contribution in [0, 0.1) is 5.92 Å². The summed E-state index contributed by atoms with van der Waals surface area (Å²) in [6.45, 7) is 5.94. The fourth-order valence-electron chi connectivity index (χ4n) is 3.44. The van der Waals surface area contributed by atoms with Gasteiger partial charge in [-0.3, -0.25) is 9.59 Å². The van der Waals surface area contributed by atoms with Crippen LogP contribution in [0.1, 0.15) is 52.7 Å². The normalized spacial score (nSPS) is 15.5. The van der Waals surface area contributed by atoms with E-state index in [2.05, 4.69) is 24.5 Å². The molecule has 0 unspecified atom stereocenters. The monoisotopic (exact) mass is 395 g/mol. The van der Waals surface area contributed by atoms with Gasteiger partial charge in [-0.15, -0.1) is 0 Å². The van der Waals surface area contributed by atoms with E-state index in [0.29, 0.717) is 36.7 Å². The highest BCUT2D eigenvalue weighted by Gasteiger charge is 2.36. The van der Waals surface area contributed by atoms with Crippen LogP contribution < -0.4 is 10.6 Å². The molecular formula is C23H29N3O3. The summed E-state index contributed by atoms with van der Waals surface area (Å²) in [5.74, 6) is 0.309. The van der Waals surface area contributed by atoms with Crippen molar-refractivity contribution in [3.8, 4) is 0 Å². The first-order valence-electron chi connectivity index (χ1n) is 10.0. The number of benzene rings is 2. The van der Waals surface area contributed by atoms with E-state index in [1.54, 1.807) is 13.2 Å². The summed E-state index contributed by atoms with van der Waals surface area (Å²) < 4.78 is 5.15. The molecule has 1 atom stereocenters. The van der Waals surface area contributed by atoms with Crippen LogP contribution in [0.25, 0.3) is 0 Å². The summed E-state index contributed by atoms with van der Waals surface area (Å²) in [7, 11) is 1.66. The van der Waals surface area contributed by atoms with E-state index in [9.17, 15) is 9.59 Å². The lowest BCUT2D eigenvalue weighted by molar-refractivity contribution is 0.0721. The second-order valence-electron chi connectivity index (χ2n) is 7.66. The number of amides is 2. The Morgan fingerprint density at radius 3 is 2.72 bits per heavy atom. The number of carbonyl (C=O) groups is 2. The number of rotatable bonds is 9. The van der Waals surface area contributed by atoms with Crippen LogP contribution in [0.15, 0.2) is 48.5 Å². The van der Waals surface area contributed by atoms with E-state index >= 15 is 0 Å². The highest BCUT2D eigenvalue weighted by atomic mass is 16.5. The number of nitrogens with zero attached hydrogens (tertiary/aromatic N) is 1. The molecule has 0 fully saturated rings. The molecule has 2 N–H and O–H groups in total. The van der Waals surface area contributed by atoms with Gasteiger partial charge >= 0.3 is 0 Å². The first-order chi connectivity index (χ1) is 14.0. The van der Waals surface area contributed by atoms with Crippen molar-refractivity contribution in [2.75, 3.05) is 32.1 Å². The molecule has 1 aliphatic heterocycles. The molecule has 0 saturated heterocycles. The summed E-state index contributed by atoms with van der Waals surface area (Å²) in [4.78, 5) is 27.1. The van der Waals surface area contributed by atoms with Gasteiger partial charge in [0.25, 0.3) is 11.8 Å². The lowest BCUT2D eigenvalue weighted by atomic mass is 10.1. The van der Waals surface area contributed by atoms with Crippen molar-refractivity contribution in [2.45, 2.75) is 26.4 Å². The Hall–Kier alpha value is -2.86. The van der Waals surface area contributed by atoms with E-state index in [1.165, 1.54) is 0 Å². The van der Waals surface area contributed by atoms with Crippen LogP contribution in [-0.2, 0) is 4.74 Å². The van der Waals surface area contributed by atoms with Gasteiger partial charge in [-0.25, -0.2) is 0 Å². The van der Waals surface area contributed by atoms with Gasteiger partial charge < -0.3 is 20.3 Å². The predicted molar refractivity (Wildman–Crippen MR) is 114 cm³/mol. The first-order valence-corrected chi connectivity index (χ1v) is 10.0. The van der Waals surface area contributed by atoms with Crippen LogP contribution in [0.4, 0.5) is 5.69 Å². The summed E-state index contributed by atoms with van der Waals surface area (Å²) in [5, 5.41) is 6.39. The quantitative estimate of drug-likeness (QED) is 0.636. The van der Waals surface area contributed by atoms with Gasteiger partial charge in [-0.05, 0) is 36.6 Å². The zero-order valence-electron chi connectivity index (χ0n) is 17.3. The minimum atomic E-state index is -0.274. The number of nitrogens with one attached hydrogen (secondary N) is 2. The van der Waals surface area contributed by atoms with Crippen LogP contribution in [0.2, 0.25) is 0 Å². The van der Waals surface area contributed by atoms with E-state index < -0.39 is 0 Å². The molecule has 0 aliphatic carbocycles. The molecule has 6 heteroatoms. The predicted octanol–water partition coefficient (Wildman–Crippen LogP) is 3.68. The highest BCUT2D eigenvalue weighted by molar-refractivity contribution is 5.99.